The van der Waals surface area contributed by atoms with Gasteiger partial charge in [0.1, 0.15) is 5.78 Å². The predicted molar refractivity (Wildman–Crippen MR) is 74.4 cm³/mol. The highest BCUT2D eigenvalue weighted by Gasteiger charge is 2.29. The number of carbonyl (C=O) groups excluding carboxylic acids is 1. The third-order valence-electron chi connectivity index (χ3n) is 3.82. The molecule has 0 unspecified atom stereocenters. The van der Waals surface area contributed by atoms with Crippen LogP contribution in [0.4, 0.5) is 0 Å². The summed E-state index contributed by atoms with van der Waals surface area (Å²) in [6, 6.07) is 1.40. The normalized spacial score (nSPS) is 12.5. The van der Waals surface area contributed by atoms with E-state index in [1.54, 1.807) is 6.92 Å². The van der Waals surface area contributed by atoms with Crippen LogP contribution >= 0.6 is 0 Å². The van der Waals surface area contributed by atoms with Crippen molar-refractivity contribution in [3.8, 4) is 0 Å². The van der Waals surface area contributed by atoms with Gasteiger partial charge >= 0.3 is 5.69 Å². The SMILES string of the molecule is CC(=O)C(C)(C)CCC(C)(C)c1cc(=O)[nH]c(=O)[nH]1. The molecule has 1 aromatic rings. The molecule has 0 fully saturated rings. The van der Waals surface area contributed by atoms with E-state index in [1.807, 2.05) is 27.7 Å². The monoisotopic (exact) mass is 266 g/mol. The van der Waals surface area contributed by atoms with Gasteiger partial charge in [0.25, 0.3) is 5.56 Å². The lowest BCUT2D eigenvalue weighted by Gasteiger charge is -2.29. The smallest absolute Gasteiger partial charge is 0.311 e. The number of Topliss-reactive ketones (excluding diaryl/α,β-unsaturated/α-hetero) is 1. The number of aromatic nitrogens is 2. The first kappa shape index (κ1) is 15.4. The lowest BCUT2D eigenvalue weighted by Crippen LogP contribution is -2.31. The van der Waals surface area contributed by atoms with Crippen molar-refractivity contribution in [1.29, 1.82) is 0 Å². The fourth-order valence-electron chi connectivity index (χ4n) is 1.77. The van der Waals surface area contributed by atoms with E-state index in [1.165, 1.54) is 6.07 Å². The zero-order chi connectivity index (χ0) is 14.8. The Morgan fingerprint density at radius 1 is 1.11 bits per heavy atom. The molecule has 1 rings (SSSR count). The van der Waals surface area contributed by atoms with E-state index in [0.717, 1.165) is 0 Å². The number of ketones is 1. The molecule has 0 saturated heterocycles. The van der Waals surface area contributed by atoms with Crippen LogP contribution in [0.25, 0.3) is 0 Å². The molecule has 0 aliphatic carbocycles. The van der Waals surface area contributed by atoms with Crippen LogP contribution in [0.1, 0.15) is 53.2 Å². The Kier molecular flexibility index (Phi) is 4.18. The highest BCUT2D eigenvalue weighted by molar-refractivity contribution is 5.81. The molecule has 2 N–H and O–H groups in total. The van der Waals surface area contributed by atoms with Gasteiger partial charge in [-0.3, -0.25) is 14.6 Å². The molecule has 0 bridgehead atoms. The van der Waals surface area contributed by atoms with Gasteiger partial charge in [-0.15, -0.1) is 0 Å². The zero-order valence-corrected chi connectivity index (χ0v) is 12.2. The minimum absolute atomic E-state index is 0.141. The van der Waals surface area contributed by atoms with Gasteiger partial charge in [0.05, 0.1) is 0 Å². The van der Waals surface area contributed by atoms with E-state index in [2.05, 4.69) is 9.97 Å². The Balaban J connectivity index is 2.96. The molecule has 106 valence electrons. The maximum Gasteiger partial charge on any atom is 0.325 e. The summed E-state index contributed by atoms with van der Waals surface area (Å²) in [6.07, 6.45) is 1.41. The van der Waals surface area contributed by atoms with Crippen molar-refractivity contribution in [2.75, 3.05) is 0 Å². The van der Waals surface area contributed by atoms with Crippen LogP contribution in [0, 0.1) is 5.41 Å². The summed E-state index contributed by atoms with van der Waals surface area (Å²) < 4.78 is 0. The summed E-state index contributed by atoms with van der Waals surface area (Å²) in [6.45, 7) is 9.31. The summed E-state index contributed by atoms with van der Waals surface area (Å²) in [5.74, 6) is 0.141. The number of nitrogens with one attached hydrogen (secondary N) is 2. The minimum atomic E-state index is -0.499. The van der Waals surface area contributed by atoms with Crippen molar-refractivity contribution in [3.05, 3.63) is 32.6 Å². The van der Waals surface area contributed by atoms with E-state index >= 15 is 0 Å². The standard InChI is InChI=1S/C14H22N2O3/c1-9(17)13(2,3)6-7-14(4,5)10-8-11(18)16-12(19)15-10/h8H,6-7H2,1-5H3,(H2,15,16,18,19). The molecule has 0 saturated carbocycles. The first-order valence-electron chi connectivity index (χ1n) is 6.40. The fourth-order valence-corrected chi connectivity index (χ4v) is 1.77. The summed E-state index contributed by atoms with van der Waals surface area (Å²) in [5.41, 5.74) is -1.06. The number of hydrogen-bond donors (Lipinski definition) is 2. The Hall–Kier alpha value is -1.65. The highest BCUT2D eigenvalue weighted by atomic mass is 16.2. The van der Waals surface area contributed by atoms with Gasteiger partial charge < -0.3 is 4.98 Å². The first-order valence-corrected chi connectivity index (χ1v) is 6.40. The summed E-state index contributed by atoms with van der Waals surface area (Å²) in [4.78, 5) is 39.0. The van der Waals surface area contributed by atoms with Crippen molar-refractivity contribution < 1.29 is 4.79 Å². The molecule has 1 aromatic heterocycles. The van der Waals surface area contributed by atoms with Crippen molar-refractivity contribution in [2.45, 2.75) is 52.9 Å². The van der Waals surface area contributed by atoms with Gasteiger partial charge in [-0.25, -0.2) is 4.79 Å². The van der Waals surface area contributed by atoms with E-state index in [-0.39, 0.29) is 11.2 Å². The Morgan fingerprint density at radius 2 is 1.68 bits per heavy atom. The van der Waals surface area contributed by atoms with Crippen LogP contribution in [-0.4, -0.2) is 15.8 Å². The van der Waals surface area contributed by atoms with Gasteiger partial charge in [-0.1, -0.05) is 27.7 Å². The molecule has 0 spiro atoms. The lowest BCUT2D eigenvalue weighted by molar-refractivity contribution is -0.125. The number of carbonyl (C=O) groups is 1. The molecule has 1 heterocycles. The molecule has 0 amide bonds. The molecule has 0 atom stereocenters. The van der Waals surface area contributed by atoms with Crippen LogP contribution in [0.15, 0.2) is 15.7 Å². The van der Waals surface area contributed by atoms with E-state index in [4.69, 9.17) is 0 Å². The largest absolute Gasteiger partial charge is 0.325 e. The van der Waals surface area contributed by atoms with Crippen LogP contribution < -0.4 is 11.2 Å². The molecule has 5 heteroatoms. The number of H-pyrrole nitrogens is 2. The molecule has 19 heavy (non-hydrogen) atoms. The van der Waals surface area contributed by atoms with Crippen LogP contribution in [0.2, 0.25) is 0 Å². The minimum Gasteiger partial charge on any atom is -0.311 e. The molecular formula is C14H22N2O3. The number of aromatic amines is 2. The highest BCUT2D eigenvalue weighted by Crippen LogP contribution is 2.32. The summed E-state index contributed by atoms with van der Waals surface area (Å²) in [5, 5.41) is 0. The summed E-state index contributed by atoms with van der Waals surface area (Å²) in [7, 11) is 0. The first-order chi connectivity index (χ1) is 8.54. The third kappa shape index (κ3) is 3.91. The Labute approximate surface area is 112 Å². The predicted octanol–water partition coefficient (Wildman–Crippen LogP) is 1.74. The number of hydrogen-bond acceptors (Lipinski definition) is 3. The molecule has 5 nitrogen and oxygen atoms in total. The van der Waals surface area contributed by atoms with E-state index in [0.29, 0.717) is 18.5 Å². The lowest BCUT2D eigenvalue weighted by atomic mass is 9.75. The van der Waals surface area contributed by atoms with Gasteiger partial charge in [-0.2, -0.15) is 0 Å². The molecule has 0 aliphatic rings. The topological polar surface area (TPSA) is 82.8 Å². The second-order valence-electron chi connectivity index (χ2n) is 6.33. The maximum atomic E-state index is 11.5. The quantitative estimate of drug-likeness (QED) is 0.851. The van der Waals surface area contributed by atoms with Gasteiger partial charge in [0, 0.05) is 22.6 Å². The van der Waals surface area contributed by atoms with E-state index < -0.39 is 16.7 Å². The van der Waals surface area contributed by atoms with Crippen LogP contribution in [0.5, 0.6) is 0 Å². The fraction of sp³-hybridized carbons (Fsp3) is 0.643. The Bertz CT molecular complexity index is 551. The van der Waals surface area contributed by atoms with Crippen LogP contribution in [-0.2, 0) is 10.2 Å². The molecule has 0 radical (unpaired) electrons. The molecule has 0 aliphatic heterocycles. The van der Waals surface area contributed by atoms with Gasteiger partial charge in [-0.05, 0) is 19.8 Å². The van der Waals surface area contributed by atoms with Crippen molar-refractivity contribution in [1.82, 2.24) is 9.97 Å². The van der Waals surface area contributed by atoms with Crippen molar-refractivity contribution in [3.63, 3.8) is 0 Å². The molecule has 0 aromatic carbocycles. The average molecular weight is 266 g/mol. The van der Waals surface area contributed by atoms with Crippen molar-refractivity contribution in [2.24, 2.45) is 5.41 Å². The van der Waals surface area contributed by atoms with E-state index in [9.17, 15) is 14.4 Å². The maximum absolute atomic E-state index is 11.5. The summed E-state index contributed by atoms with van der Waals surface area (Å²) >= 11 is 0. The Morgan fingerprint density at radius 3 is 2.16 bits per heavy atom. The average Bonchev–Trinajstić information content (AvgIpc) is 2.25. The number of rotatable bonds is 5. The van der Waals surface area contributed by atoms with Gasteiger partial charge in [0.15, 0.2) is 0 Å². The second kappa shape index (κ2) is 5.15. The van der Waals surface area contributed by atoms with Crippen LogP contribution in [0.3, 0.4) is 0 Å². The van der Waals surface area contributed by atoms with Crippen molar-refractivity contribution >= 4 is 5.78 Å². The third-order valence-corrected chi connectivity index (χ3v) is 3.82. The van der Waals surface area contributed by atoms with Gasteiger partial charge in [0.2, 0.25) is 0 Å². The zero-order valence-electron chi connectivity index (χ0n) is 12.2. The molecular weight excluding hydrogens is 244 g/mol. The second-order valence-corrected chi connectivity index (χ2v) is 6.33.